The van der Waals surface area contributed by atoms with Gasteiger partial charge in [-0.2, -0.15) is 0 Å². The van der Waals surface area contributed by atoms with Gasteiger partial charge in [0.25, 0.3) is 0 Å². The molecule has 3 atom stereocenters. The van der Waals surface area contributed by atoms with Crippen molar-refractivity contribution in [2.75, 3.05) is 26.2 Å². The summed E-state index contributed by atoms with van der Waals surface area (Å²) in [6.45, 7) is 4.11. The second kappa shape index (κ2) is 5.80. The molecule has 0 aromatic rings. The topological polar surface area (TPSA) is 61.8 Å². The molecular weight excluding hydrogens is 220 g/mol. The van der Waals surface area contributed by atoms with Crippen LogP contribution in [0.1, 0.15) is 26.2 Å². The van der Waals surface area contributed by atoms with Crippen LogP contribution in [0.15, 0.2) is 0 Å². The minimum absolute atomic E-state index is 0.0152. The number of aliphatic hydroxyl groups excluding tert-OH is 1. The molecule has 2 N–H and O–H groups in total. The van der Waals surface area contributed by atoms with E-state index in [9.17, 15) is 4.79 Å². The predicted molar refractivity (Wildman–Crippen MR) is 63.6 cm³/mol. The minimum atomic E-state index is -0.223. The van der Waals surface area contributed by atoms with Crippen LogP contribution in [0.2, 0.25) is 0 Å². The molecule has 0 aromatic carbocycles. The number of amides is 1. The molecule has 3 unspecified atom stereocenters. The molecule has 2 saturated heterocycles. The lowest BCUT2D eigenvalue weighted by atomic mass is 10.1. The van der Waals surface area contributed by atoms with Crippen molar-refractivity contribution in [1.29, 1.82) is 0 Å². The number of hydrogen-bond donors (Lipinski definition) is 2. The van der Waals surface area contributed by atoms with Gasteiger partial charge in [0.1, 0.15) is 0 Å². The average molecular weight is 242 g/mol. The Hall–Kier alpha value is -0.650. The third-order valence-electron chi connectivity index (χ3n) is 3.47. The summed E-state index contributed by atoms with van der Waals surface area (Å²) < 4.78 is 5.53. The summed E-state index contributed by atoms with van der Waals surface area (Å²) in [5, 5.41) is 12.5. The van der Waals surface area contributed by atoms with Gasteiger partial charge in [-0.1, -0.05) is 0 Å². The number of aliphatic hydroxyl groups is 1. The number of morpholine rings is 1. The lowest BCUT2D eigenvalue weighted by molar-refractivity contribution is -0.147. The quantitative estimate of drug-likeness (QED) is 0.715. The van der Waals surface area contributed by atoms with Crippen LogP contribution < -0.4 is 5.32 Å². The number of nitrogens with zero attached hydrogens (tertiary/aromatic N) is 1. The second-order valence-corrected chi connectivity index (χ2v) is 5.05. The first kappa shape index (κ1) is 12.8. The highest BCUT2D eigenvalue weighted by Gasteiger charge is 2.29. The third-order valence-corrected chi connectivity index (χ3v) is 3.47. The Morgan fingerprint density at radius 3 is 3.00 bits per heavy atom. The molecule has 5 nitrogen and oxygen atoms in total. The van der Waals surface area contributed by atoms with E-state index in [2.05, 4.69) is 5.32 Å². The molecule has 0 aromatic heterocycles. The van der Waals surface area contributed by atoms with Crippen LogP contribution in [0.5, 0.6) is 0 Å². The van der Waals surface area contributed by atoms with E-state index in [1.54, 1.807) is 0 Å². The molecule has 1 amide bonds. The van der Waals surface area contributed by atoms with E-state index in [1.165, 1.54) is 0 Å². The summed E-state index contributed by atoms with van der Waals surface area (Å²) in [4.78, 5) is 13.9. The molecule has 2 heterocycles. The maximum Gasteiger partial charge on any atom is 0.224 e. The average Bonchev–Trinajstić information content (AvgIpc) is 2.81. The molecule has 2 fully saturated rings. The molecule has 2 rings (SSSR count). The molecule has 17 heavy (non-hydrogen) atoms. The summed E-state index contributed by atoms with van der Waals surface area (Å²) in [7, 11) is 0. The van der Waals surface area contributed by atoms with E-state index in [4.69, 9.17) is 9.84 Å². The van der Waals surface area contributed by atoms with Crippen molar-refractivity contribution in [1.82, 2.24) is 10.2 Å². The number of carbonyl (C=O) groups excluding carboxylic acids is 1. The van der Waals surface area contributed by atoms with Gasteiger partial charge in [-0.25, -0.2) is 0 Å². The molecule has 2 aliphatic heterocycles. The first-order valence-electron chi connectivity index (χ1n) is 6.46. The summed E-state index contributed by atoms with van der Waals surface area (Å²) in [5.74, 6) is 0.179. The Labute approximate surface area is 102 Å². The molecule has 5 heteroatoms. The van der Waals surface area contributed by atoms with Crippen molar-refractivity contribution >= 4 is 5.91 Å². The zero-order valence-electron chi connectivity index (χ0n) is 10.4. The lowest BCUT2D eigenvalue weighted by Gasteiger charge is -2.36. The lowest BCUT2D eigenvalue weighted by Crippen LogP contribution is -2.51. The monoisotopic (exact) mass is 242 g/mol. The van der Waals surface area contributed by atoms with Crippen LogP contribution in [0, 0.1) is 0 Å². The van der Waals surface area contributed by atoms with Gasteiger partial charge in [0, 0.05) is 25.6 Å². The van der Waals surface area contributed by atoms with E-state index >= 15 is 0 Å². The van der Waals surface area contributed by atoms with Crippen molar-refractivity contribution < 1.29 is 14.6 Å². The van der Waals surface area contributed by atoms with Crippen LogP contribution >= 0.6 is 0 Å². The molecule has 0 spiro atoms. The predicted octanol–water partition coefficient (Wildman–Crippen LogP) is -0.263. The Morgan fingerprint density at radius 1 is 1.53 bits per heavy atom. The van der Waals surface area contributed by atoms with Gasteiger partial charge in [-0.15, -0.1) is 0 Å². The highest BCUT2D eigenvalue weighted by atomic mass is 16.5. The van der Waals surface area contributed by atoms with Crippen molar-refractivity contribution in [3.05, 3.63) is 0 Å². The van der Waals surface area contributed by atoms with Crippen LogP contribution in [-0.2, 0) is 9.53 Å². The van der Waals surface area contributed by atoms with Crippen LogP contribution in [-0.4, -0.2) is 60.4 Å². The molecule has 0 bridgehead atoms. The molecule has 0 radical (unpaired) electrons. The Balaban J connectivity index is 1.84. The van der Waals surface area contributed by atoms with E-state index in [0.29, 0.717) is 25.6 Å². The summed E-state index contributed by atoms with van der Waals surface area (Å²) in [5.41, 5.74) is 0. The Morgan fingerprint density at radius 2 is 2.35 bits per heavy atom. The first-order chi connectivity index (χ1) is 8.19. The number of nitrogens with one attached hydrogen (secondary N) is 1. The fourth-order valence-electron chi connectivity index (χ4n) is 2.62. The van der Waals surface area contributed by atoms with E-state index in [0.717, 1.165) is 19.4 Å². The largest absolute Gasteiger partial charge is 0.394 e. The van der Waals surface area contributed by atoms with Gasteiger partial charge < -0.3 is 20.1 Å². The second-order valence-electron chi connectivity index (χ2n) is 5.05. The van der Waals surface area contributed by atoms with Gasteiger partial charge >= 0.3 is 0 Å². The zero-order valence-corrected chi connectivity index (χ0v) is 10.4. The van der Waals surface area contributed by atoms with E-state index in [1.807, 2.05) is 11.8 Å². The summed E-state index contributed by atoms with van der Waals surface area (Å²) >= 11 is 0. The highest BCUT2D eigenvalue weighted by molar-refractivity contribution is 5.77. The SMILES string of the molecule is CC1CN(C(=O)CC2CCCN2)CC(CO)O1. The maximum absolute atomic E-state index is 12.1. The number of carbonyl (C=O) groups is 1. The number of hydrogen-bond acceptors (Lipinski definition) is 4. The molecule has 2 aliphatic rings. The van der Waals surface area contributed by atoms with Crippen LogP contribution in [0.4, 0.5) is 0 Å². The highest BCUT2D eigenvalue weighted by Crippen LogP contribution is 2.15. The number of ether oxygens (including phenoxy) is 1. The maximum atomic E-state index is 12.1. The van der Waals surface area contributed by atoms with Crippen molar-refractivity contribution in [2.45, 2.75) is 44.4 Å². The van der Waals surface area contributed by atoms with E-state index < -0.39 is 0 Å². The van der Waals surface area contributed by atoms with Crippen molar-refractivity contribution in [2.24, 2.45) is 0 Å². The van der Waals surface area contributed by atoms with Gasteiger partial charge in [0.15, 0.2) is 0 Å². The van der Waals surface area contributed by atoms with Crippen molar-refractivity contribution in [3.63, 3.8) is 0 Å². The zero-order chi connectivity index (χ0) is 12.3. The number of rotatable bonds is 3. The fraction of sp³-hybridized carbons (Fsp3) is 0.917. The van der Waals surface area contributed by atoms with Gasteiger partial charge in [-0.05, 0) is 26.3 Å². The molecular formula is C12H22N2O3. The van der Waals surface area contributed by atoms with Gasteiger partial charge in [0.2, 0.25) is 5.91 Å². The summed E-state index contributed by atoms with van der Waals surface area (Å²) in [6.07, 6.45) is 2.62. The van der Waals surface area contributed by atoms with Crippen LogP contribution in [0.3, 0.4) is 0 Å². The molecule has 0 saturated carbocycles. The molecule has 98 valence electrons. The first-order valence-corrected chi connectivity index (χ1v) is 6.46. The standard InChI is InChI=1S/C12H22N2O3/c1-9-6-14(7-11(8-15)17-9)12(16)5-10-3-2-4-13-10/h9-11,13,15H,2-8H2,1H3. The normalized spacial score (nSPS) is 34.0. The van der Waals surface area contributed by atoms with Crippen molar-refractivity contribution in [3.8, 4) is 0 Å². The summed E-state index contributed by atoms with van der Waals surface area (Å²) in [6, 6.07) is 0.341. The van der Waals surface area contributed by atoms with E-state index in [-0.39, 0.29) is 24.7 Å². The van der Waals surface area contributed by atoms with Crippen LogP contribution in [0.25, 0.3) is 0 Å². The Kier molecular flexibility index (Phi) is 4.36. The smallest absolute Gasteiger partial charge is 0.224 e. The third kappa shape index (κ3) is 3.40. The molecule has 0 aliphatic carbocycles. The fourth-order valence-corrected chi connectivity index (χ4v) is 2.62. The van der Waals surface area contributed by atoms with Gasteiger partial charge in [0.05, 0.1) is 18.8 Å². The minimum Gasteiger partial charge on any atom is -0.394 e. The Bertz CT molecular complexity index is 266. The van der Waals surface area contributed by atoms with Gasteiger partial charge in [-0.3, -0.25) is 4.79 Å².